The van der Waals surface area contributed by atoms with Gasteiger partial charge in [-0.3, -0.25) is 9.59 Å². The highest BCUT2D eigenvalue weighted by Gasteiger charge is 2.25. The Labute approximate surface area is 241 Å². The van der Waals surface area contributed by atoms with Gasteiger partial charge in [0.05, 0.1) is 13.2 Å². The number of carbonyl (C=O) groups is 2. The smallest absolute Gasteiger partial charge is 0.387 e. The van der Waals surface area contributed by atoms with E-state index in [1.807, 2.05) is 13.8 Å². The molecule has 0 aliphatic heterocycles. The maximum Gasteiger partial charge on any atom is 0.387 e. The zero-order valence-corrected chi connectivity index (χ0v) is 23.7. The van der Waals surface area contributed by atoms with Gasteiger partial charge in [-0.25, -0.2) is 13.8 Å². The largest absolute Gasteiger partial charge is 0.489 e. The molecule has 2 aliphatic rings. The monoisotopic (exact) mass is 593 g/mol. The number of nitrogens with zero attached hydrogens (tertiary/aromatic N) is 1. The molecule has 1 heterocycles. The Balaban J connectivity index is 0.000000729. The summed E-state index contributed by atoms with van der Waals surface area (Å²) in [5, 5.41) is 4.84. The fourth-order valence-electron chi connectivity index (χ4n) is 3.44. The quantitative estimate of drug-likeness (QED) is 0.181. The first-order valence-corrected chi connectivity index (χ1v) is 13.8. The molecule has 0 saturated heterocycles. The van der Waals surface area contributed by atoms with E-state index in [0.717, 1.165) is 24.8 Å². The van der Waals surface area contributed by atoms with Gasteiger partial charge in [0.1, 0.15) is 11.6 Å². The Kier molecular flexibility index (Phi) is 12.2. The highest BCUT2D eigenvalue weighted by Crippen LogP contribution is 2.36. The van der Waals surface area contributed by atoms with Crippen molar-refractivity contribution in [3.8, 4) is 23.0 Å². The maximum atomic E-state index is 13.9. The van der Waals surface area contributed by atoms with Gasteiger partial charge in [-0.1, -0.05) is 39.7 Å². The summed E-state index contributed by atoms with van der Waals surface area (Å²) in [6, 6.07) is 7.02. The molecule has 2 N–H and O–H groups in total. The first kappa shape index (κ1) is 32.4. The average Bonchev–Trinajstić information content (AvgIpc) is 3.91. The van der Waals surface area contributed by atoms with E-state index in [2.05, 4.69) is 27.3 Å². The van der Waals surface area contributed by atoms with Gasteiger partial charge in [0.2, 0.25) is 12.3 Å². The number of hydrogen-bond acceptors (Lipinski definition) is 6. The minimum absolute atomic E-state index is 0.00235. The first-order valence-electron chi connectivity index (χ1n) is 13.8. The van der Waals surface area contributed by atoms with Crippen molar-refractivity contribution < 1.29 is 41.0 Å². The second-order valence-corrected chi connectivity index (χ2v) is 9.68. The highest BCUT2D eigenvalue weighted by atomic mass is 19.3. The summed E-state index contributed by atoms with van der Waals surface area (Å²) in [4.78, 5) is 27.7. The van der Waals surface area contributed by atoms with Crippen molar-refractivity contribution >= 4 is 12.3 Å². The molecule has 3 aromatic rings. The van der Waals surface area contributed by atoms with E-state index in [1.165, 1.54) is 37.1 Å². The second kappa shape index (κ2) is 15.8. The molecular formula is C30H35F4N3O5. The van der Waals surface area contributed by atoms with Gasteiger partial charge in [-0.15, -0.1) is 0 Å². The number of oxazole rings is 1. The van der Waals surface area contributed by atoms with E-state index in [9.17, 15) is 27.2 Å². The highest BCUT2D eigenvalue weighted by molar-refractivity contribution is 5.93. The molecule has 0 spiro atoms. The number of rotatable bonds is 12. The average molecular weight is 594 g/mol. The predicted molar refractivity (Wildman–Crippen MR) is 147 cm³/mol. The third-order valence-corrected chi connectivity index (χ3v) is 6.16. The summed E-state index contributed by atoms with van der Waals surface area (Å²) in [7, 11) is 0. The van der Waals surface area contributed by atoms with Gasteiger partial charge in [0.25, 0.3) is 5.91 Å². The number of benzene rings is 2. The topological polar surface area (TPSA) is 103 Å². The van der Waals surface area contributed by atoms with Gasteiger partial charge >= 0.3 is 6.61 Å². The van der Waals surface area contributed by atoms with Crippen LogP contribution >= 0.6 is 0 Å². The minimum Gasteiger partial charge on any atom is -0.489 e. The predicted octanol–water partition coefficient (Wildman–Crippen LogP) is 6.63. The SMILES string of the molecule is CC.CC1CC1.O=CNCc1oc(-c2ccc(OC(F)F)c(OCC3CC3)c2)nc1C(=O)NCc1ccc(F)cc1F. The first-order chi connectivity index (χ1) is 20.2. The van der Waals surface area contributed by atoms with Crippen molar-refractivity contribution in [1.82, 2.24) is 15.6 Å². The molecule has 0 unspecified atom stereocenters. The van der Waals surface area contributed by atoms with E-state index in [1.54, 1.807) is 0 Å². The fourth-order valence-corrected chi connectivity index (χ4v) is 3.44. The van der Waals surface area contributed by atoms with Crippen LogP contribution in [-0.4, -0.2) is 30.5 Å². The van der Waals surface area contributed by atoms with Crippen molar-refractivity contribution in [3.63, 3.8) is 0 Å². The minimum atomic E-state index is -3.05. The van der Waals surface area contributed by atoms with E-state index in [4.69, 9.17) is 9.15 Å². The summed E-state index contributed by atoms with van der Waals surface area (Å²) in [5.41, 5.74) is 0.168. The maximum absolute atomic E-state index is 13.9. The molecule has 2 aliphatic carbocycles. The molecule has 2 amide bonds. The van der Waals surface area contributed by atoms with Gasteiger partial charge in [0, 0.05) is 23.7 Å². The Morgan fingerprint density at radius 3 is 2.38 bits per heavy atom. The Morgan fingerprint density at radius 1 is 1.07 bits per heavy atom. The zero-order valence-electron chi connectivity index (χ0n) is 23.7. The molecule has 0 atom stereocenters. The molecule has 42 heavy (non-hydrogen) atoms. The molecular weight excluding hydrogens is 558 g/mol. The van der Waals surface area contributed by atoms with Crippen LogP contribution in [-0.2, 0) is 17.9 Å². The number of aromatic nitrogens is 1. The number of alkyl halides is 2. The van der Waals surface area contributed by atoms with Gasteiger partial charge < -0.3 is 24.5 Å². The molecule has 12 heteroatoms. The lowest BCUT2D eigenvalue weighted by atomic mass is 10.2. The standard InChI is InChI=1S/C24H21F4N3O5.C4H8.C2H6/c25-16-5-3-15(17(26)8-16)9-30-22(33)21-20(10-29-12-32)35-23(31-21)14-4-6-18(36-24(27)28)19(7-14)34-11-13-1-2-13;1-4-2-3-4;1-2/h3-8,12-13,24H,1-2,9-11H2,(H,29,32)(H,30,33);4H,2-3H2,1H3;1-2H3. The number of carbonyl (C=O) groups excluding carboxylic acids is 2. The number of ether oxygens (including phenoxy) is 2. The fraction of sp³-hybridized carbons (Fsp3) is 0.433. The molecule has 1 aromatic heterocycles. The number of amides is 2. The van der Waals surface area contributed by atoms with Gasteiger partial charge in [-0.05, 0) is 48.9 Å². The number of nitrogens with one attached hydrogen (secondary N) is 2. The Hall–Kier alpha value is -4.09. The second-order valence-electron chi connectivity index (χ2n) is 9.68. The summed E-state index contributed by atoms with van der Waals surface area (Å²) < 4.78 is 68.5. The summed E-state index contributed by atoms with van der Waals surface area (Å²) in [6.07, 6.45) is 5.34. The van der Waals surface area contributed by atoms with Crippen LogP contribution in [0.2, 0.25) is 0 Å². The Bertz CT molecular complexity index is 1330. The summed E-state index contributed by atoms with van der Waals surface area (Å²) in [6.45, 7) is 3.12. The van der Waals surface area contributed by atoms with Gasteiger partial charge in [-0.2, -0.15) is 8.78 Å². The van der Waals surface area contributed by atoms with Crippen LogP contribution in [0, 0.1) is 23.5 Å². The third-order valence-electron chi connectivity index (χ3n) is 6.16. The molecule has 8 nitrogen and oxygen atoms in total. The lowest BCUT2D eigenvalue weighted by Crippen LogP contribution is -2.25. The van der Waals surface area contributed by atoms with Crippen LogP contribution in [0.5, 0.6) is 11.5 Å². The number of halogens is 4. The molecule has 2 aromatic carbocycles. The van der Waals surface area contributed by atoms with Gasteiger partial charge in [0.15, 0.2) is 23.0 Å². The van der Waals surface area contributed by atoms with E-state index in [0.29, 0.717) is 30.6 Å². The molecule has 0 bridgehead atoms. The van der Waals surface area contributed by atoms with Crippen molar-refractivity contribution in [3.05, 3.63) is 65.1 Å². The van der Waals surface area contributed by atoms with E-state index in [-0.39, 0.29) is 47.5 Å². The van der Waals surface area contributed by atoms with Crippen LogP contribution in [0.1, 0.15) is 68.3 Å². The van der Waals surface area contributed by atoms with Crippen LogP contribution in [0.4, 0.5) is 17.6 Å². The van der Waals surface area contributed by atoms with Crippen molar-refractivity contribution in [2.45, 2.75) is 66.2 Å². The van der Waals surface area contributed by atoms with Crippen molar-refractivity contribution in [2.24, 2.45) is 11.8 Å². The van der Waals surface area contributed by atoms with Crippen LogP contribution in [0.25, 0.3) is 11.5 Å². The number of hydrogen-bond donors (Lipinski definition) is 2. The van der Waals surface area contributed by atoms with E-state index >= 15 is 0 Å². The zero-order chi connectivity index (χ0) is 30.6. The van der Waals surface area contributed by atoms with E-state index < -0.39 is 24.2 Å². The third kappa shape index (κ3) is 10.1. The van der Waals surface area contributed by atoms with Crippen LogP contribution < -0.4 is 20.1 Å². The van der Waals surface area contributed by atoms with Crippen LogP contribution in [0.3, 0.4) is 0 Å². The lowest BCUT2D eigenvalue weighted by Gasteiger charge is -2.12. The molecule has 2 fully saturated rings. The Morgan fingerprint density at radius 2 is 1.79 bits per heavy atom. The van der Waals surface area contributed by atoms with Crippen molar-refractivity contribution in [2.75, 3.05) is 6.61 Å². The summed E-state index contributed by atoms with van der Waals surface area (Å²) >= 11 is 0. The summed E-state index contributed by atoms with van der Waals surface area (Å²) in [5.74, 6) is -1.04. The lowest BCUT2D eigenvalue weighted by molar-refractivity contribution is -0.109. The normalized spacial score (nSPS) is 13.7. The van der Waals surface area contributed by atoms with Crippen LogP contribution in [0.15, 0.2) is 40.8 Å². The molecule has 2 saturated carbocycles. The molecule has 0 radical (unpaired) electrons. The molecule has 228 valence electrons. The molecule has 5 rings (SSSR count). The van der Waals surface area contributed by atoms with Crippen molar-refractivity contribution in [1.29, 1.82) is 0 Å².